The first-order chi connectivity index (χ1) is 23.8. The quantitative estimate of drug-likeness (QED) is 0.177. The zero-order valence-corrected chi connectivity index (χ0v) is 26.4. The fourth-order valence-electron chi connectivity index (χ4n) is 7.02. The molecule has 9 rings (SSSR count). The van der Waals surface area contributed by atoms with Crippen molar-refractivity contribution in [2.75, 3.05) is 0 Å². The second kappa shape index (κ2) is 11.8. The summed E-state index contributed by atoms with van der Waals surface area (Å²) in [6.07, 6.45) is 4.33. The fraction of sp³-hybridized carbons (Fsp3) is 0. The van der Waals surface area contributed by atoms with Gasteiger partial charge in [-0.15, -0.1) is 0 Å². The lowest BCUT2D eigenvalue weighted by atomic mass is 9.95. The Balaban J connectivity index is 1.02. The lowest BCUT2D eigenvalue weighted by molar-refractivity contribution is 1.13. The highest BCUT2D eigenvalue weighted by Crippen LogP contribution is 2.35. The number of hydrogen-bond donors (Lipinski definition) is 0. The van der Waals surface area contributed by atoms with Crippen LogP contribution in [0.3, 0.4) is 0 Å². The van der Waals surface area contributed by atoms with Crippen molar-refractivity contribution in [2.45, 2.75) is 0 Å². The molecule has 0 aliphatic rings. The molecule has 0 atom stereocenters. The van der Waals surface area contributed by atoms with Crippen molar-refractivity contribution in [3.8, 4) is 55.9 Å². The number of para-hydroxylation sites is 4. The summed E-state index contributed by atoms with van der Waals surface area (Å²) < 4.78 is 4.57. The summed E-state index contributed by atoms with van der Waals surface area (Å²) in [6.45, 7) is 0. The monoisotopic (exact) mass is 612 g/mol. The topological polar surface area (TPSA) is 9.86 Å². The van der Waals surface area contributed by atoms with Gasteiger partial charge < -0.3 is 9.13 Å². The van der Waals surface area contributed by atoms with E-state index in [1.54, 1.807) is 0 Å². The Labute approximate surface area is 280 Å². The van der Waals surface area contributed by atoms with E-state index >= 15 is 0 Å². The first-order valence-electron chi connectivity index (χ1n) is 16.4. The van der Waals surface area contributed by atoms with Crippen LogP contribution in [-0.4, -0.2) is 9.13 Å². The van der Waals surface area contributed by atoms with Crippen LogP contribution in [-0.2, 0) is 0 Å². The molecule has 2 heteroatoms. The third kappa shape index (κ3) is 4.92. The molecular formula is C46H32N2. The van der Waals surface area contributed by atoms with E-state index in [0.717, 1.165) is 0 Å². The summed E-state index contributed by atoms with van der Waals surface area (Å²) in [5.74, 6) is 0. The lowest BCUT2D eigenvalue weighted by Gasteiger charge is -2.12. The number of hydrogen-bond acceptors (Lipinski definition) is 0. The maximum atomic E-state index is 2.30. The highest BCUT2D eigenvalue weighted by atomic mass is 15.0. The van der Waals surface area contributed by atoms with Crippen LogP contribution in [0, 0.1) is 0 Å². The van der Waals surface area contributed by atoms with Crippen molar-refractivity contribution >= 4 is 21.8 Å². The molecule has 0 fully saturated rings. The van der Waals surface area contributed by atoms with Gasteiger partial charge in [0.1, 0.15) is 0 Å². The second-order valence-corrected chi connectivity index (χ2v) is 12.3. The largest absolute Gasteiger partial charge is 0.316 e. The van der Waals surface area contributed by atoms with Crippen LogP contribution >= 0.6 is 0 Å². The summed E-state index contributed by atoms with van der Waals surface area (Å²) in [6, 6.07) is 65.5. The molecule has 0 unspecified atom stereocenters. The number of rotatable bonds is 6. The normalized spacial score (nSPS) is 11.3. The van der Waals surface area contributed by atoms with Gasteiger partial charge in [-0.3, -0.25) is 0 Å². The van der Waals surface area contributed by atoms with Gasteiger partial charge in [-0.1, -0.05) is 140 Å². The Bertz CT molecular complexity index is 2340. The van der Waals surface area contributed by atoms with Crippen LogP contribution in [0.2, 0.25) is 0 Å². The van der Waals surface area contributed by atoms with Gasteiger partial charge in [0.05, 0.1) is 11.0 Å². The molecule has 0 aliphatic heterocycles. The first-order valence-corrected chi connectivity index (χ1v) is 16.4. The average Bonchev–Trinajstić information content (AvgIpc) is 3.81. The van der Waals surface area contributed by atoms with Gasteiger partial charge in [0.15, 0.2) is 0 Å². The molecule has 2 heterocycles. The minimum Gasteiger partial charge on any atom is -0.316 e. The molecule has 48 heavy (non-hydrogen) atoms. The highest BCUT2D eigenvalue weighted by molar-refractivity contribution is 5.97. The molecule has 0 bridgehead atoms. The predicted molar refractivity (Wildman–Crippen MR) is 202 cm³/mol. The van der Waals surface area contributed by atoms with Crippen LogP contribution in [0.25, 0.3) is 77.7 Å². The maximum Gasteiger partial charge on any atom is 0.0606 e. The Morgan fingerprint density at radius 3 is 1.10 bits per heavy atom. The van der Waals surface area contributed by atoms with Gasteiger partial charge >= 0.3 is 0 Å². The van der Waals surface area contributed by atoms with Gasteiger partial charge in [-0.2, -0.15) is 0 Å². The van der Waals surface area contributed by atoms with Crippen molar-refractivity contribution in [2.24, 2.45) is 0 Å². The minimum atomic E-state index is 1.17. The predicted octanol–water partition coefficient (Wildman–Crippen LogP) is 12.2. The molecule has 0 saturated carbocycles. The van der Waals surface area contributed by atoms with E-state index in [1.807, 2.05) is 0 Å². The zero-order valence-electron chi connectivity index (χ0n) is 26.4. The molecule has 7 aromatic carbocycles. The first kappa shape index (κ1) is 27.9. The standard InChI is InChI=1S/C46H32N2/c1-3-14-41(15-4-1)47-30-28-37-10-8-18-43(45(37)47)35-24-20-33(21-25-35)39-12-7-13-40(32-39)34-22-26-36(27-23-34)44-19-9-11-38-29-31-48(46(38)44)42-16-5-2-6-17-42/h1-32H. The lowest BCUT2D eigenvalue weighted by Crippen LogP contribution is -1.93. The van der Waals surface area contributed by atoms with Crippen molar-refractivity contribution in [3.63, 3.8) is 0 Å². The summed E-state index contributed by atoms with van der Waals surface area (Å²) >= 11 is 0. The average molecular weight is 613 g/mol. The summed E-state index contributed by atoms with van der Waals surface area (Å²) in [4.78, 5) is 0. The van der Waals surface area contributed by atoms with Crippen LogP contribution in [0.15, 0.2) is 194 Å². The van der Waals surface area contributed by atoms with E-state index in [9.17, 15) is 0 Å². The summed E-state index contributed by atoms with van der Waals surface area (Å²) in [5.41, 5.74) is 14.5. The van der Waals surface area contributed by atoms with E-state index in [1.165, 1.54) is 77.7 Å². The van der Waals surface area contributed by atoms with Gasteiger partial charge in [0.25, 0.3) is 0 Å². The molecule has 2 aromatic heterocycles. The van der Waals surface area contributed by atoms with Crippen molar-refractivity contribution in [1.29, 1.82) is 0 Å². The van der Waals surface area contributed by atoms with Gasteiger partial charge in [0.2, 0.25) is 0 Å². The molecular weight excluding hydrogens is 581 g/mol. The fourth-order valence-corrected chi connectivity index (χ4v) is 7.02. The van der Waals surface area contributed by atoms with Gasteiger partial charge in [0, 0.05) is 45.7 Å². The minimum absolute atomic E-state index is 1.17. The number of aromatic nitrogens is 2. The van der Waals surface area contributed by atoms with Crippen molar-refractivity contribution in [1.82, 2.24) is 9.13 Å². The highest BCUT2D eigenvalue weighted by Gasteiger charge is 2.12. The molecule has 0 spiro atoms. The SMILES string of the molecule is c1ccc(-n2ccc3cccc(-c4ccc(-c5cccc(-c6ccc(-c7cccc8ccn(-c9ccccc9)c78)cc6)c5)cc4)c32)cc1. The zero-order chi connectivity index (χ0) is 31.9. The van der Waals surface area contributed by atoms with E-state index in [-0.39, 0.29) is 0 Å². The number of nitrogens with zero attached hydrogens (tertiary/aromatic N) is 2. The maximum absolute atomic E-state index is 2.30. The van der Waals surface area contributed by atoms with Crippen molar-refractivity contribution in [3.05, 3.63) is 194 Å². The van der Waals surface area contributed by atoms with E-state index < -0.39 is 0 Å². The Morgan fingerprint density at radius 1 is 0.271 bits per heavy atom. The Morgan fingerprint density at radius 2 is 0.667 bits per heavy atom. The van der Waals surface area contributed by atoms with E-state index in [4.69, 9.17) is 0 Å². The number of fused-ring (bicyclic) bond motifs is 2. The third-order valence-electron chi connectivity index (χ3n) is 9.41. The smallest absolute Gasteiger partial charge is 0.0606 e. The molecule has 9 aromatic rings. The molecule has 0 N–H and O–H groups in total. The second-order valence-electron chi connectivity index (χ2n) is 12.3. The molecule has 0 radical (unpaired) electrons. The molecule has 0 saturated heterocycles. The van der Waals surface area contributed by atoms with Crippen LogP contribution in [0.4, 0.5) is 0 Å². The van der Waals surface area contributed by atoms with Crippen molar-refractivity contribution < 1.29 is 0 Å². The molecule has 0 aliphatic carbocycles. The van der Waals surface area contributed by atoms with Crippen LogP contribution in [0.5, 0.6) is 0 Å². The van der Waals surface area contributed by atoms with Crippen LogP contribution in [0.1, 0.15) is 0 Å². The molecule has 0 amide bonds. The van der Waals surface area contributed by atoms with Crippen LogP contribution < -0.4 is 0 Å². The summed E-state index contributed by atoms with van der Waals surface area (Å²) in [5, 5.41) is 2.47. The summed E-state index contributed by atoms with van der Waals surface area (Å²) in [7, 11) is 0. The number of benzene rings is 7. The Hall–Kier alpha value is -6.38. The van der Waals surface area contributed by atoms with E-state index in [0.29, 0.717) is 0 Å². The Kier molecular flexibility index (Phi) is 6.84. The van der Waals surface area contributed by atoms with E-state index in [2.05, 4.69) is 204 Å². The third-order valence-corrected chi connectivity index (χ3v) is 9.41. The van der Waals surface area contributed by atoms with Gasteiger partial charge in [-0.05, 0) is 75.8 Å². The van der Waals surface area contributed by atoms with Gasteiger partial charge in [-0.25, -0.2) is 0 Å². The molecule has 226 valence electrons. The molecule has 2 nitrogen and oxygen atoms in total.